The maximum Gasteiger partial charge on any atom is 0.0825 e. The van der Waals surface area contributed by atoms with Crippen molar-refractivity contribution in [3.8, 4) is 0 Å². The first-order valence-corrected chi connectivity index (χ1v) is 7.54. The van der Waals surface area contributed by atoms with Crippen LogP contribution < -0.4 is 10.2 Å². The lowest BCUT2D eigenvalue weighted by Crippen LogP contribution is -2.47. The number of nitrogens with zero attached hydrogens (tertiary/aromatic N) is 2. The van der Waals surface area contributed by atoms with E-state index in [1.165, 1.54) is 6.42 Å². The number of hydrogen-bond donors (Lipinski definition) is 1. The Hall–Kier alpha value is -0.480. The Morgan fingerprint density at radius 1 is 1.16 bits per heavy atom. The van der Waals surface area contributed by atoms with Gasteiger partial charge in [0, 0.05) is 26.2 Å². The molecular formula is C14H21Cl2N3. The zero-order chi connectivity index (χ0) is 13.7. The summed E-state index contributed by atoms with van der Waals surface area (Å²) in [5.41, 5.74) is 1.06. The molecule has 1 heterocycles. The monoisotopic (exact) mass is 301 g/mol. The highest BCUT2D eigenvalue weighted by atomic mass is 35.5. The third-order valence-electron chi connectivity index (χ3n) is 3.55. The van der Waals surface area contributed by atoms with Crippen molar-refractivity contribution in [2.24, 2.45) is 0 Å². The van der Waals surface area contributed by atoms with Crippen molar-refractivity contribution in [1.29, 1.82) is 0 Å². The number of nitrogens with one attached hydrogen (secondary N) is 1. The SMILES string of the molecule is CNCCCN1CCN(c2cccc(Cl)c2Cl)CC1. The van der Waals surface area contributed by atoms with Gasteiger partial charge in [-0.15, -0.1) is 0 Å². The molecule has 1 aromatic carbocycles. The van der Waals surface area contributed by atoms with E-state index in [1.807, 2.05) is 25.2 Å². The molecule has 1 aliphatic rings. The van der Waals surface area contributed by atoms with E-state index in [2.05, 4.69) is 15.1 Å². The summed E-state index contributed by atoms with van der Waals surface area (Å²) >= 11 is 12.3. The van der Waals surface area contributed by atoms with Gasteiger partial charge in [0.1, 0.15) is 0 Å². The molecule has 2 rings (SSSR count). The third kappa shape index (κ3) is 3.99. The molecule has 0 spiro atoms. The summed E-state index contributed by atoms with van der Waals surface area (Å²) in [7, 11) is 2.00. The molecule has 1 aliphatic heterocycles. The van der Waals surface area contributed by atoms with Crippen LogP contribution in [-0.2, 0) is 0 Å². The maximum atomic E-state index is 6.27. The Balaban J connectivity index is 1.87. The molecule has 0 bridgehead atoms. The topological polar surface area (TPSA) is 18.5 Å². The summed E-state index contributed by atoms with van der Waals surface area (Å²) in [5, 5.41) is 4.50. The molecule has 0 unspecified atom stereocenters. The molecule has 0 aromatic heterocycles. The zero-order valence-corrected chi connectivity index (χ0v) is 12.8. The molecule has 19 heavy (non-hydrogen) atoms. The number of benzene rings is 1. The molecule has 0 radical (unpaired) electrons. The molecule has 0 saturated carbocycles. The normalized spacial score (nSPS) is 16.9. The molecule has 106 valence electrons. The van der Waals surface area contributed by atoms with Crippen LogP contribution >= 0.6 is 23.2 Å². The predicted octanol–water partition coefficient (Wildman–Crippen LogP) is 2.72. The van der Waals surface area contributed by atoms with Crippen molar-refractivity contribution in [2.45, 2.75) is 6.42 Å². The van der Waals surface area contributed by atoms with E-state index in [4.69, 9.17) is 23.2 Å². The Labute approximate surface area is 125 Å². The van der Waals surface area contributed by atoms with E-state index in [0.29, 0.717) is 10.0 Å². The van der Waals surface area contributed by atoms with Gasteiger partial charge in [0.05, 0.1) is 15.7 Å². The Kier molecular flexibility index (Phi) is 5.76. The minimum absolute atomic E-state index is 0.635. The van der Waals surface area contributed by atoms with Crippen LogP contribution in [-0.4, -0.2) is 51.2 Å². The van der Waals surface area contributed by atoms with Gasteiger partial charge in [0.25, 0.3) is 0 Å². The summed E-state index contributed by atoms with van der Waals surface area (Å²) < 4.78 is 0. The van der Waals surface area contributed by atoms with Gasteiger partial charge in [-0.1, -0.05) is 29.3 Å². The van der Waals surface area contributed by atoms with E-state index < -0.39 is 0 Å². The Morgan fingerprint density at radius 2 is 1.89 bits per heavy atom. The van der Waals surface area contributed by atoms with Crippen LogP contribution in [0, 0.1) is 0 Å². The first-order chi connectivity index (χ1) is 9.22. The van der Waals surface area contributed by atoms with Crippen molar-refractivity contribution in [3.63, 3.8) is 0 Å². The van der Waals surface area contributed by atoms with Crippen LogP contribution in [0.15, 0.2) is 18.2 Å². The molecule has 3 nitrogen and oxygen atoms in total. The van der Waals surface area contributed by atoms with E-state index >= 15 is 0 Å². The lowest BCUT2D eigenvalue weighted by molar-refractivity contribution is 0.254. The molecule has 1 fully saturated rings. The number of piperazine rings is 1. The van der Waals surface area contributed by atoms with Gasteiger partial charge in [-0.2, -0.15) is 0 Å². The first-order valence-electron chi connectivity index (χ1n) is 6.78. The summed E-state index contributed by atoms with van der Waals surface area (Å²) in [6.07, 6.45) is 1.20. The molecule has 5 heteroatoms. The lowest BCUT2D eigenvalue weighted by Gasteiger charge is -2.36. The summed E-state index contributed by atoms with van der Waals surface area (Å²) in [6.45, 7) is 6.45. The van der Waals surface area contributed by atoms with Crippen molar-refractivity contribution < 1.29 is 0 Å². The fourth-order valence-electron chi connectivity index (χ4n) is 2.43. The minimum atomic E-state index is 0.635. The van der Waals surface area contributed by atoms with E-state index in [-0.39, 0.29) is 0 Å². The van der Waals surface area contributed by atoms with Crippen LogP contribution in [0.4, 0.5) is 5.69 Å². The largest absolute Gasteiger partial charge is 0.368 e. The highest BCUT2D eigenvalue weighted by Gasteiger charge is 2.19. The molecule has 0 amide bonds. The molecule has 1 N–H and O–H groups in total. The van der Waals surface area contributed by atoms with Crippen molar-refractivity contribution in [1.82, 2.24) is 10.2 Å². The average Bonchev–Trinajstić information content (AvgIpc) is 2.43. The molecular weight excluding hydrogens is 281 g/mol. The maximum absolute atomic E-state index is 6.27. The minimum Gasteiger partial charge on any atom is -0.368 e. The number of halogens is 2. The molecule has 0 atom stereocenters. The van der Waals surface area contributed by atoms with E-state index in [1.54, 1.807) is 0 Å². The summed E-state index contributed by atoms with van der Waals surface area (Å²) in [6, 6.07) is 5.84. The van der Waals surface area contributed by atoms with Crippen molar-refractivity contribution in [2.75, 3.05) is 51.2 Å². The van der Waals surface area contributed by atoms with Gasteiger partial charge in [0.15, 0.2) is 0 Å². The van der Waals surface area contributed by atoms with Gasteiger partial charge in [0.2, 0.25) is 0 Å². The fraction of sp³-hybridized carbons (Fsp3) is 0.571. The average molecular weight is 302 g/mol. The van der Waals surface area contributed by atoms with Gasteiger partial charge in [-0.3, -0.25) is 4.90 Å². The molecule has 1 saturated heterocycles. The second kappa shape index (κ2) is 7.34. The predicted molar refractivity (Wildman–Crippen MR) is 83.7 cm³/mol. The van der Waals surface area contributed by atoms with Gasteiger partial charge < -0.3 is 10.2 Å². The summed E-state index contributed by atoms with van der Waals surface area (Å²) in [4.78, 5) is 4.83. The van der Waals surface area contributed by atoms with E-state index in [9.17, 15) is 0 Å². The van der Waals surface area contributed by atoms with E-state index in [0.717, 1.165) is 45.0 Å². The molecule has 0 aliphatic carbocycles. The lowest BCUT2D eigenvalue weighted by atomic mass is 10.2. The van der Waals surface area contributed by atoms with Gasteiger partial charge >= 0.3 is 0 Å². The Bertz CT molecular complexity index is 404. The van der Waals surface area contributed by atoms with Crippen molar-refractivity contribution >= 4 is 28.9 Å². The highest BCUT2D eigenvalue weighted by molar-refractivity contribution is 6.43. The Morgan fingerprint density at radius 3 is 2.58 bits per heavy atom. The zero-order valence-electron chi connectivity index (χ0n) is 11.3. The van der Waals surface area contributed by atoms with Crippen LogP contribution in [0.25, 0.3) is 0 Å². The number of anilines is 1. The van der Waals surface area contributed by atoms with Crippen LogP contribution in [0.3, 0.4) is 0 Å². The number of hydrogen-bond acceptors (Lipinski definition) is 3. The fourth-order valence-corrected chi connectivity index (χ4v) is 2.84. The quantitative estimate of drug-likeness (QED) is 0.844. The van der Waals surface area contributed by atoms with Crippen LogP contribution in [0.1, 0.15) is 6.42 Å². The van der Waals surface area contributed by atoms with Gasteiger partial charge in [-0.25, -0.2) is 0 Å². The second-order valence-corrected chi connectivity index (χ2v) is 5.64. The standard InChI is InChI=1S/C14H21Cl2N3/c1-17-6-3-7-18-8-10-19(11-9-18)13-5-2-4-12(15)14(13)16/h2,4-5,17H,3,6-11H2,1H3. The van der Waals surface area contributed by atoms with Crippen LogP contribution in [0.2, 0.25) is 10.0 Å². The first kappa shape index (κ1) is 14.9. The smallest absolute Gasteiger partial charge is 0.0825 e. The molecule has 1 aromatic rings. The summed E-state index contributed by atoms with van der Waals surface area (Å²) in [5.74, 6) is 0. The van der Waals surface area contributed by atoms with Crippen molar-refractivity contribution in [3.05, 3.63) is 28.2 Å². The van der Waals surface area contributed by atoms with Crippen LogP contribution in [0.5, 0.6) is 0 Å². The van der Waals surface area contributed by atoms with Gasteiger partial charge in [-0.05, 0) is 38.7 Å². The highest BCUT2D eigenvalue weighted by Crippen LogP contribution is 2.32. The number of rotatable bonds is 5. The third-order valence-corrected chi connectivity index (χ3v) is 4.35. The second-order valence-electron chi connectivity index (χ2n) is 4.86.